The van der Waals surface area contributed by atoms with Crippen LogP contribution in [-0.4, -0.2) is 4.57 Å². The molecule has 3 heteroatoms. The predicted molar refractivity (Wildman–Crippen MR) is 56.6 cm³/mol. The molecule has 2 aromatic rings. The van der Waals surface area contributed by atoms with Gasteiger partial charge in [-0.2, -0.15) is 0 Å². The average Bonchev–Trinajstić information content (AvgIpc) is 2.45. The lowest BCUT2D eigenvalue weighted by atomic mass is 10.1. The summed E-state index contributed by atoms with van der Waals surface area (Å²) in [6.45, 7) is 2.54. The molecule has 2 N–H and O–H groups in total. The Labute approximate surface area is 83.0 Å². The molecule has 0 unspecified atom stereocenters. The third kappa shape index (κ3) is 1.31. The van der Waals surface area contributed by atoms with Gasteiger partial charge in [0.2, 0.25) is 0 Å². The van der Waals surface area contributed by atoms with Crippen molar-refractivity contribution in [2.24, 2.45) is 12.9 Å². The Morgan fingerprint density at radius 3 is 2.93 bits per heavy atom. The summed E-state index contributed by atoms with van der Waals surface area (Å²) < 4.78 is 2.16. The zero-order chi connectivity index (χ0) is 10.1. The first-order valence-corrected chi connectivity index (χ1v) is 4.59. The van der Waals surface area contributed by atoms with Crippen molar-refractivity contribution in [3.8, 4) is 0 Å². The van der Waals surface area contributed by atoms with Crippen molar-refractivity contribution < 1.29 is 4.84 Å². The molecule has 0 aliphatic carbocycles. The second-order valence-corrected chi connectivity index (χ2v) is 3.51. The zero-order valence-corrected chi connectivity index (χ0v) is 8.45. The Hall–Kier alpha value is -1.32. The van der Waals surface area contributed by atoms with Crippen LogP contribution in [0.1, 0.15) is 11.3 Å². The molecular formula is C11H14N2O. The lowest BCUT2D eigenvalue weighted by Gasteiger charge is -2.05. The number of para-hydroxylation sites is 1. The number of nitrogens with zero attached hydrogens (tertiary/aromatic N) is 1. The van der Waals surface area contributed by atoms with Crippen molar-refractivity contribution in [1.29, 1.82) is 0 Å². The number of hydrogen-bond acceptors (Lipinski definition) is 2. The van der Waals surface area contributed by atoms with Crippen molar-refractivity contribution in [2.45, 2.75) is 13.5 Å². The van der Waals surface area contributed by atoms with Crippen molar-refractivity contribution >= 4 is 10.9 Å². The largest absolute Gasteiger partial charge is 0.348 e. The maximum atomic E-state index is 5.10. The molecule has 1 heterocycles. The summed E-state index contributed by atoms with van der Waals surface area (Å²) in [7, 11) is 2.05. The number of rotatable bonds is 2. The van der Waals surface area contributed by atoms with Crippen LogP contribution in [0.15, 0.2) is 24.3 Å². The van der Waals surface area contributed by atoms with Crippen molar-refractivity contribution in [1.82, 2.24) is 4.57 Å². The Morgan fingerprint density at radius 2 is 2.21 bits per heavy atom. The number of benzene rings is 1. The fraction of sp³-hybridized carbons (Fsp3) is 0.273. The van der Waals surface area contributed by atoms with Crippen molar-refractivity contribution in [2.75, 3.05) is 0 Å². The standard InChI is InChI=1S/C11H14N2O/c1-8-6-9-4-3-5-10(7-14-12)11(9)13(8)2/h3-6H,7,12H2,1-2H3. The average molecular weight is 190 g/mol. The summed E-state index contributed by atoms with van der Waals surface area (Å²) in [4.78, 5) is 4.69. The van der Waals surface area contributed by atoms with Gasteiger partial charge in [0.15, 0.2) is 0 Å². The van der Waals surface area contributed by atoms with Gasteiger partial charge in [-0.1, -0.05) is 18.2 Å². The maximum absolute atomic E-state index is 5.10. The first-order valence-electron chi connectivity index (χ1n) is 4.59. The van der Waals surface area contributed by atoms with E-state index in [1.54, 1.807) is 0 Å². The van der Waals surface area contributed by atoms with Gasteiger partial charge >= 0.3 is 0 Å². The van der Waals surface area contributed by atoms with Crippen LogP contribution in [0, 0.1) is 6.92 Å². The van der Waals surface area contributed by atoms with Crippen LogP contribution >= 0.6 is 0 Å². The van der Waals surface area contributed by atoms with Gasteiger partial charge in [-0.15, -0.1) is 0 Å². The highest BCUT2D eigenvalue weighted by atomic mass is 16.6. The molecule has 74 valence electrons. The molecule has 0 fully saturated rings. The van der Waals surface area contributed by atoms with Gasteiger partial charge in [0.1, 0.15) is 0 Å². The first-order chi connectivity index (χ1) is 6.74. The summed E-state index contributed by atoms with van der Waals surface area (Å²) in [6.07, 6.45) is 0. The van der Waals surface area contributed by atoms with Gasteiger partial charge < -0.3 is 4.57 Å². The molecule has 0 saturated carbocycles. The molecular weight excluding hydrogens is 176 g/mol. The third-order valence-corrected chi connectivity index (χ3v) is 2.62. The van der Waals surface area contributed by atoms with Crippen LogP contribution in [0.3, 0.4) is 0 Å². The molecule has 14 heavy (non-hydrogen) atoms. The summed E-state index contributed by atoms with van der Waals surface area (Å²) in [5, 5.41) is 1.24. The van der Waals surface area contributed by atoms with E-state index in [-0.39, 0.29) is 0 Å². The molecule has 0 radical (unpaired) electrons. The Kier molecular flexibility index (Phi) is 2.27. The van der Waals surface area contributed by atoms with E-state index in [0.29, 0.717) is 6.61 Å². The Morgan fingerprint density at radius 1 is 1.43 bits per heavy atom. The number of aromatic nitrogens is 1. The summed E-state index contributed by atoms with van der Waals surface area (Å²) in [5.74, 6) is 5.10. The highest BCUT2D eigenvalue weighted by Gasteiger charge is 2.06. The molecule has 0 spiro atoms. The van der Waals surface area contributed by atoms with E-state index in [0.717, 1.165) is 5.56 Å². The summed E-state index contributed by atoms with van der Waals surface area (Å²) in [5.41, 5.74) is 3.57. The molecule has 1 aromatic carbocycles. The third-order valence-electron chi connectivity index (χ3n) is 2.62. The smallest absolute Gasteiger partial charge is 0.0950 e. The van der Waals surface area contributed by atoms with Crippen LogP contribution < -0.4 is 5.90 Å². The molecule has 2 rings (SSSR count). The Balaban J connectivity index is 2.71. The second kappa shape index (κ2) is 3.44. The number of fused-ring (bicyclic) bond motifs is 1. The minimum absolute atomic E-state index is 0.453. The van der Waals surface area contributed by atoms with E-state index in [4.69, 9.17) is 5.90 Å². The van der Waals surface area contributed by atoms with E-state index in [9.17, 15) is 0 Å². The van der Waals surface area contributed by atoms with E-state index in [1.807, 2.05) is 12.1 Å². The van der Waals surface area contributed by atoms with E-state index < -0.39 is 0 Å². The van der Waals surface area contributed by atoms with Gasteiger partial charge in [-0.05, 0) is 13.0 Å². The number of aryl methyl sites for hydroxylation is 2. The summed E-state index contributed by atoms with van der Waals surface area (Å²) in [6, 6.07) is 8.32. The maximum Gasteiger partial charge on any atom is 0.0950 e. The number of hydrogen-bond donors (Lipinski definition) is 1. The topological polar surface area (TPSA) is 40.2 Å². The molecule has 0 amide bonds. The van der Waals surface area contributed by atoms with Crippen LogP contribution in [0.4, 0.5) is 0 Å². The first kappa shape index (κ1) is 9.24. The Bertz CT molecular complexity index is 460. The highest BCUT2D eigenvalue weighted by Crippen LogP contribution is 2.22. The van der Waals surface area contributed by atoms with E-state index in [2.05, 4.69) is 35.5 Å². The molecule has 0 bridgehead atoms. The molecule has 3 nitrogen and oxygen atoms in total. The molecule has 0 aliphatic heterocycles. The van der Waals surface area contributed by atoms with Crippen LogP contribution in [-0.2, 0) is 18.5 Å². The fourth-order valence-corrected chi connectivity index (χ4v) is 1.84. The summed E-state index contributed by atoms with van der Waals surface area (Å²) >= 11 is 0. The second-order valence-electron chi connectivity index (χ2n) is 3.51. The van der Waals surface area contributed by atoms with E-state index >= 15 is 0 Å². The molecule has 0 aliphatic rings. The lowest BCUT2D eigenvalue weighted by Crippen LogP contribution is -2.01. The highest BCUT2D eigenvalue weighted by molar-refractivity contribution is 5.84. The minimum Gasteiger partial charge on any atom is -0.348 e. The van der Waals surface area contributed by atoms with Crippen molar-refractivity contribution in [3.05, 3.63) is 35.5 Å². The van der Waals surface area contributed by atoms with Gasteiger partial charge in [-0.25, -0.2) is 5.90 Å². The molecule has 1 aromatic heterocycles. The predicted octanol–water partition coefficient (Wildman–Crippen LogP) is 1.88. The zero-order valence-electron chi connectivity index (χ0n) is 8.45. The monoisotopic (exact) mass is 190 g/mol. The normalized spacial score (nSPS) is 11.1. The van der Waals surface area contributed by atoms with Gasteiger partial charge in [0.25, 0.3) is 0 Å². The van der Waals surface area contributed by atoms with Gasteiger partial charge in [0, 0.05) is 23.7 Å². The van der Waals surface area contributed by atoms with Crippen molar-refractivity contribution in [3.63, 3.8) is 0 Å². The molecule has 0 saturated heterocycles. The molecule has 0 atom stereocenters. The van der Waals surface area contributed by atoms with Gasteiger partial charge in [0.05, 0.1) is 12.1 Å². The number of nitrogens with two attached hydrogens (primary N) is 1. The lowest BCUT2D eigenvalue weighted by molar-refractivity contribution is 0.125. The van der Waals surface area contributed by atoms with Crippen LogP contribution in [0.2, 0.25) is 0 Å². The van der Waals surface area contributed by atoms with E-state index in [1.165, 1.54) is 16.6 Å². The van der Waals surface area contributed by atoms with Gasteiger partial charge in [-0.3, -0.25) is 4.84 Å². The quantitative estimate of drug-likeness (QED) is 0.734. The SMILES string of the molecule is Cc1cc2cccc(CON)c2n1C. The minimum atomic E-state index is 0.453. The van der Waals surface area contributed by atoms with Crippen LogP contribution in [0.25, 0.3) is 10.9 Å². The van der Waals surface area contributed by atoms with Crippen LogP contribution in [0.5, 0.6) is 0 Å². The fourth-order valence-electron chi connectivity index (χ4n) is 1.84.